The van der Waals surface area contributed by atoms with E-state index in [-0.39, 0.29) is 17.1 Å². The van der Waals surface area contributed by atoms with E-state index in [9.17, 15) is 9.59 Å². The number of nitrogens with one attached hydrogen (secondary N) is 1. The molecule has 19 heavy (non-hydrogen) atoms. The van der Waals surface area contributed by atoms with Crippen LogP contribution in [0, 0.1) is 0 Å². The molecule has 0 spiro atoms. The summed E-state index contributed by atoms with van der Waals surface area (Å²) in [6.45, 7) is 1.76. The maximum Gasteiger partial charge on any atom is 0.350 e. The van der Waals surface area contributed by atoms with Crippen molar-refractivity contribution in [1.29, 1.82) is 0 Å². The first kappa shape index (κ1) is 13.4. The van der Waals surface area contributed by atoms with Gasteiger partial charge in [0.2, 0.25) is 0 Å². The fourth-order valence-electron chi connectivity index (χ4n) is 1.54. The van der Waals surface area contributed by atoms with Crippen molar-refractivity contribution in [2.45, 2.75) is 12.3 Å². The van der Waals surface area contributed by atoms with E-state index in [1.807, 2.05) is 6.07 Å². The van der Waals surface area contributed by atoms with Gasteiger partial charge in [-0.3, -0.25) is 9.36 Å². The van der Waals surface area contributed by atoms with Crippen molar-refractivity contribution in [1.82, 2.24) is 9.55 Å². The molecule has 0 fully saturated rings. The molecule has 0 bridgehead atoms. The molecular formula is C13H13N3O2S. The lowest BCUT2D eigenvalue weighted by Crippen LogP contribution is -2.25. The summed E-state index contributed by atoms with van der Waals surface area (Å²) in [6.07, 6.45) is 1.55. The van der Waals surface area contributed by atoms with Gasteiger partial charge in [0.15, 0.2) is 0 Å². The maximum atomic E-state index is 11.9. The highest BCUT2D eigenvalue weighted by molar-refractivity contribution is 7.80. The lowest BCUT2D eigenvalue weighted by molar-refractivity contribution is 0.102. The molecule has 0 aliphatic heterocycles. The monoisotopic (exact) mass is 275 g/mol. The summed E-state index contributed by atoms with van der Waals surface area (Å²) < 4.78 is 1.36. The summed E-state index contributed by atoms with van der Waals surface area (Å²) in [6, 6.07) is 10.3. The van der Waals surface area contributed by atoms with Crippen LogP contribution in [0.2, 0.25) is 0 Å². The molecule has 0 aliphatic carbocycles. The molecule has 6 heteroatoms. The van der Waals surface area contributed by atoms with E-state index in [2.05, 4.69) is 22.9 Å². The van der Waals surface area contributed by atoms with Crippen LogP contribution in [0.4, 0.5) is 5.82 Å². The summed E-state index contributed by atoms with van der Waals surface area (Å²) in [7, 11) is 0. The van der Waals surface area contributed by atoms with Crippen molar-refractivity contribution in [2.24, 2.45) is 0 Å². The van der Waals surface area contributed by atoms with Crippen LogP contribution in [0.5, 0.6) is 0 Å². The van der Waals surface area contributed by atoms with Crippen molar-refractivity contribution in [3.05, 3.63) is 58.6 Å². The third-order valence-electron chi connectivity index (χ3n) is 2.51. The molecule has 0 aliphatic rings. The first-order valence-electron chi connectivity index (χ1n) is 5.71. The largest absolute Gasteiger partial charge is 0.350 e. The Morgan fingerprint density at radius 3 is 2.58 bits per heavy atom. The molecule has 5 nitrogen and oxygen atoms in total. The first-order chi connectivity index (χ1) is 9.08. The van der Waals surface area contributed by atoms with Gasteiger partial charge in [0.05, 0.1) is 5.37 Å². The molecule has 1 aromatic carbocycles. The molecule has 2 rings (SSSR count). The van der Waals surface area contributed by atoms with E-state index in [0.29, 0.717) is 5.56 Å². The summed E-state index contributed by atoms with van der Waals surface area (Å²) in [4.78, 5) is 27.3. The lowest BCUT2D eigenvalue weighted by Gasteiger charge is -2.09. The summed E-state index contributed by atoms with van der Waals surface area (Å²) in [5.41, 5.74) is 0.0596. The second kappa shape index (κ2) is 5.71. The van der Waals surface area contributed by atoms with E-state index in [1.165, 1.54) is 4.57 Å². The Morgan fingerprint density at radius 1 is 1.32 bits per heavy atom. The van der Waals surface area contributed by atoms with Crippen LogP contribution in [-0.2, 0) is 0 Å². The van der Waals surface area contributed by atoms with E-state index in [4.69, 9.17) is 0 Å². The molecule has 1 amide bonds. The van der Waals surface area contributed by atoms with Gasteiger partial charge in [0.1, 0.15) is 5.82 Å². The number of carbonyl (C=O) groups excluding carboxylic acids is 1. The highest BCUT2D eigenvalue weighted by atomic mass is 32.1. The van der Waals surface area contributed by atoms with Crippen LogP contribution in [0.15, 0.2) is 47.4 Å². The van der Waals surface area contributed by atoms with E-state index in [1.54, 1.807) is 43.5 Å². The highest BCUT2D eigenvalue weighted by Crippen LogP contribution is 2.08. The predicted octanol–water partition coefficient (Wildman–Crippen LogP) is 1.94. The number of hydrogen-bond donors (Lipinski definition) is 2. The molecule has 1 unspecified atom stereocenters. The molecule has 1 heterocycles. The van der Waals surface area contributed by atoms with Gasteiger partial charge >= 0.3 is 5.69 Å². The van der Waals surface area contributed by atoms with Crippen LogP contribution < -0.4 is 11.0 Å². The minimum absolute atomic E-state index is 0.226. The fraction of sp³-hybridized carbons (Fsp3) is 0.154. The molecule has 0 radical (unpaired) electrons. The summed E-state index contributed by atoms with van der Waals surface area (Å²) in [5, 5.41) is 2.31. The summed E-state index contributed by atoms with van der Waals surface area (Å²) >= 11 is 4.15. The first-order valence-corrected chi connectivity index (χ1v) is 6.23. The molecule has 1 aromatic heterocycles. The molecule has 0 saturated carbocycles. The van der Waals surface area contributed by atoms with Crippen molar-refractivity contribution in [3.63, 3.8) is 0 Å². The zero-order valence-corrected chi connectivity index (χ0v) is 11.2. The Bertz CT molecular complexity index is 638. The van der Waals surface area contributed by atoms with Gasteiger partial charge in [-0.15, -0.1) is 0 Å². The topological polar surface area (TPSA) is 64.0 Å². The molecule has 1 atom stereocenters. The van der Waals surface area contributed by atoms with Gasteiger partial charge in [0.25, 0.3) is 5.91 Å². The second-order valence-corrected chi connectivity index (χ2v) is 4.70. The van der Waals surface area contributed by atoms with E-state index < -0.39 is 5.69 Å². The third-order valence-corrected chi connectivity index (χ3v) is 2.76. The van der Waals surface area contributed by atoms with Gasteiger partial charge in [-0.25, -0.2) is 4.79 Å². The van der Waals surface area contributed by atoms with Crippen LogP contribution in [-0.4, -0.2) is 15.5 Å². The third kappa shape index (κ3) is 3.23. The van der Waals surface area contributed by atoms with Gasteiger partial charge in [-0.2, -0.15) is 17.6 Å². The highest BCUT2D eigenvalue weighted by Gasteiger charge is 2.08. The zero-order chi connectivity index (χ0) is 13.8. The van der Waals surface area contributed by atoms with Gasteiger partial charge in [0, 0.05) is 11.8 Å². The number of rotatable bonds is 3. The van der Waals surface area contributed by atoms with Crippen LogP contribution in [0.1, 0.15) is 22.7 Å². The van der Waals surface area contributed by atoms with Crippen molar-refractivity contribution < 1.29 is 4.79 Å². The number of thiol groups is 1. The Kier molecular flexibility index (Phi) is 4.01. The number of hydrogen-bond acceptors (Lipinski definition) is 4. The maximum absolute atomic E-state index is 11.9. The van der Waals surface area contributed by atoms with Gasteiger partial charge in [-0.05, 0) is 25.1 Å². The van der Waals surface area contributed by atoms with Crippen molar-refractivity contribution in [3.8, 4) is 0 Å². The molecule has 0 saturated heterocycles. The average Bonchev–Trinajstić information content (AvgIpc) is 2.39. The molecule has 2 aromatic rings. The van der Waals surface area contributed by atoms with E-state index >= 15 is 0 Å². The lowest BCUT2D eigenvalue weighted by atomic mass is 10.2. The normalized spacial score (nSPS) is 11.9. The Morgan fingerprint density at radius 2 is 2.00 bits per heavy atom. The Hall–Kier alpha value is -2.08. The fourth-order valence-corrected chi connectivity index (χ4v) is 1.72. The SMILES string of the molecule is CC(S)n1ccc(NC(=O)c2ccccc2)nc1=O. The smallest absolute Gasteiger partial charge is 0.306 e. The van der Waals surface area contributed by atoms with E-state index in [0.717, 1.165) is 0 Å². The number of anilines is 1. The van der Waals surface area contributed by atoms with Crippen LogP contribution in [0.25, 0.3) is 0 Å². The number of benzene rings is 1. The molecule has 98 valence electrons. The number of carbonyl (C=O) groups is 1. The number of nitrogens with zero attached hydrogens (tertiary/aromatic N) is 2. The van der Waals surface area contributed by atoms with Gasteiger partial charge < -0.3 is 5.32 Å². The van der Waals surface area contributed by atoms with Crippen LogP contribution in [0.3, 0.4) is 0 Å². The van der Waals surface area contributed by atoms with Crippen molar-refractivity contribution >= 4 is 24.4 Å². The minimum atomic E-state index is -0.451. The standard InChI is InChI=1S/C13H13N3O2S/c1-9(19)16-8-7-11(15-13(16)18)14-12(17)10-5-3-2-4-6-10/h2-9,19H,1H3,(H,14,15,17,18). The van der Waals surface area contributed by atoms with Crippen molar-refractivity contribution in [2.75, 3.05) is 5.32 Å². The summed E-state index contributed by atoms with van der Waals surface area (Å²) in [5.74, 6) is -0.0757. The Balaban J connectivity index is 2.19. The predicted molar refractivity (Wildman–Crippen MR) is 76.6 cm³/mol. The number of amides is 1. The Labute approximate surface area is 115 Å². The quantitative estimate of drug-likeness (QED) is 0.841. The van der Waals surface area contributed by atoms with Crippen LogP contribution >= 0.6 is 12.6 Å². The van der Waals surface area contributed by atoms with Gasteiger partial charge in [-0.1, -0.05) is 18.2 Å². The molecule has 1 N–H and O–H groups in total. The molecular weight excluding hydrogens is 262 g/mol. The minimum Gasteiger partial charge on any atom is -0.306 e. The number of aromatic nitrogens is 2. The second-order valence-electron chi connectivity index (χ2n) is 3.95. The average molecular weight is 275 g/mol. The zero-order valence-electron chi connectivity index (χ0n) is 10.3.